The average molecular weight is 313 g/mol. The monoisotopic (exact) mass is 313 g/mol. The maximum atomic E-state index is 10.9. The highest BCUT2D eigenvalue weighted by molar-refractivity contribution is 5.99. The largest absolute Gasteiger partial charge is 0.482 e. The normalized spacial score (nSPS) is 16.3. The van der Waals surface area contributed by atoms with Gasteiger partial charge < -0.3 is 15.0 Å². The van der Waals surface area contributed by atoms with Crippen molar-refractivity contribution >= 4 is 24.3 Å². The molecular formula is C17H19N3O3. The van der Waals surface area contributed by atoms with Gasteiger partial charge in [0.05, 0.1) is 0 Å². The van der Waals surface area contributed by atoms with Crippen molar-refractivity contribution in [2.45, 2.75) is 19.4 Å². The topological polar surface area (TPSA) is 71.0 Å². The number of ether oxygens (including phenoxy) is 1. The Morgan fingerprint density at radius 3 is 2.87 bits per heavy atom. The number of anilines is 1. The number of rotatable bonds is 6. The molecular weight excluding hydrogens is 294 g/mol. The molecule has 1 unspecified atom stereocenters. The van der Waals surface area contributed by atoms with Gasteiger partial charge >= 0.3 is 0 Å². The minimum atomic E-state index is -0.288. The minimum Gasteiger partial charge on any atom is -0.482 e. The number of hydrogen-bond donors (Lipinski definition) is 1. The van der Waals surface area contributed by atoms with Crippen LogP contribution in [0, 0.1) is 0 Å². The average Bonchev–Trinajstić information content (AvgIpc) is 2.80. The number of benzene rings is 1. The van der Waals surface area contributed by atoms with E-state index in [1.54, 1.807) is 36.4 Å². The predicted octanol–water partition coefficient (Wildman–Crippen LogP) is 1.82. The lowest BCUT2D eigenvalue weighted by Gasteiger charge is -2.18. The summed E-state index contributed by atoms with van der Waals surface area (Å²) in [4.78, 5) is 27.0. The second-order valence-electron chi connectivity index (χ2n) is 4.92. The van der Waals surface area contributed by atoms with Crippen molar-refractivity contribution < 1.29 is 14.3 Å². The van der Waals surface area contributed by atoms with E-state index in [1.807, 2.05) is 25.1 Å². The van der Waals surface area contributed by atoms with Crippen molar-refractivity contribution in [3.05, 3.63) is 48.2 Å². The molecule has 1 aliphatic rings. The lowest BCUT2D eigenvalue weighted by molar-refractivity contribution is -0.108. The molecule has 120 valence electrons. The second-order valence-corrected chi connectivity index (χ2v) is 4.92. The zero-order valence-electron chi connectivity index (χ0n) is 13.1. The molecule has 1 aromatic rings. The summed E-state index contributed by atoms with van der Waals surface area (Å²) in [6.45, 7) is 2.03. The number of aliphatic imine (C=N–C) groups is 1. The van der Waals surface area contributed by atoms with Crippen molar-refractivity contribution in [3.63, 3.8) is 0 Å². The maximum Gasteiger partial charge on any atom is 0.213 e. The van der Waals surface area contributed by atoms with Crippen LogP contribution in [-0.4, -0.2) is 31.8 Å². The van der Waals surface area contributed by atoms with Crippen LogP contribution in [0.4, 0.5) is 5.69 Å². The molecule has 1 N–H and O–H groups in total. The molecule has 2 rings (SSSR count). The third-order valence-electron chi connectivity index (χ3n) is 3.38. The number of aryl methyl sites for hydroxylation is 1. The van der Waals surface area contributed by atoms with E-state index in [-0.39, 0.29) is 6.10 Å². The number of hydrogen-bond acceptors (Lipinski definition) is 4. The van der Waals surface area contributed by atoms with Crippen LogP contribution in [0.15, 0.2) is 47.6 Å². The van der Waals surface area contributed by atoms with Crippen LogP contribution in [0.2, 0.25) is 0 Å². The summed E-state index contributed by atoms with van der Waals surface area (Å²) in [6.07, 6.45) is 8.73. The van der Waals surface area contributed by atoms with Gasteiger partial charge in [-0.3, -0.25) is 9.59 Å². The Morgan fingerprint density at radius 2 is 2.17 bits per heavy atom. The fraction of sp³-hybridized carbons (Fsp3) is 0.235. The molecule has 0 saturated carbocycles. The molecule has 1 heterocycles. The van der Waals surface area contributed by atoms with E-state index in [1.165, 1.54) is 0 Å². The number of amides is 2. The van der Waals surface area contributed by atoms with E-state index in [9.17, 15) is 9.59 Å². The van der Waals surface area contributed by atoms with Gasteiger partial charge in [0.1, 0.15) is 17.7 Å². The van der Waals surface area contributed by atoms with E-state index >= 15 is 0 Å². The maximum absolute atomic E-state index is 10.9. The lowest BCUT2D eigenvalue weighted by atomic mass is 10.1. The first-order chi connectivity index (χ1) is 11.2. The summed E-state index contributed by atoms with van der Waals surface area (Å²) in [5, 5.41) is 2.49. The number of nitrogens with one attached hydrogen (secondary N) is 1. The van der Waals surface area contributed by atoms with Crippen LogP contribution < -0.4 is 15.0 Å². The van der Waals surface area contributed by atoms with E-state index in [0.717, 1.165) is 24.1 Å². The highest BCUT2D eigenvalue weighted by atomic mass is 16.5. The summed E-state index contributed by atoms with van der Waals surface area (Å²) in [5.74, 6) is 1.16. The Bertz CT molecular complexity index is 665. The third kappa shape index (κ3) is 4.29. The van der Waals surface area contributed by atoms with Crippen molar-refractivity contribution in [1.29, 1.82) is 0 Å². The highest BCUT2D eigenvalue weighted by Gasteiger charge is 2.10. The molecule has 6 nitrogen and oxygen atoms in total. The van der Waals surface area contributed by atoms with Crippen LogP contribution >= 0.6 is 0 Å². The van der Waals surface area contributed by atoms with Crippen molar-refractivity contribution in [2.75, 3.05) is 11.9 Å². The fourth-order valence-electron chi connectivity index (χ4n) is 2.20. The van der Waals surface area contributed by atoms with Crippen LogP contribution in [0.1, 0.15) is 12.5 Å². The van der Waals surface area contributed by atoms with Crippen LogP contribution in [0.25, 0.3) is 0 Å². The van der Waals surface area contributed by atoms with Crippen LogP contribution in [-0.2, 0) is 16.0 Å². The lowest BCUT2D eigenvalue weighted by Crippen LogP contribution is -2.19. The molecule has 0 radical (unpaired) electrons. The van der Waals surface area contributed by atoms with Crippen LogP contribution in [0.3, 0.4) is 0 Å². The van der Waals surface area contributed by atoms with Crippen molar-refractivity contribution in [3.8, 4) is 5.75 Å². The first kappa shape index (κ1) is 16.5. The molecule has 1 atom stereocenters. The zero-order chi connectivity index (χ0) is 16.7. The van der Waals surface area contributed by atoms with Crippen molar-refractivity contribution in [1.82, 2.24) is 5.32 Å². The molecule has 0 saturated heterocycles. The molecule has 0 spiro atoms. The first-order valence-corrected chi connectivity index (χ1v) is 7.28. The van der Waals surface area contributed by atoms with Gasteiger partial charge in [-0.2, -0.15) is 0 Å². The molecule has 2 amide bonds. The Morgan fingerprint density at radius 1 is 1.35 bits per heavy atom. The number of carbonyl (C=O) groups excluding carboxylic acids is 2. The molecule has 0 aromatic heterocycles. The van der Waals surface area contributed by atoms with Gasteiger partial charge in [-0.25, -0.2) is 4.99 Å². The molecule has 0 aliphatic carbocycles. The van der Waals surface area contributed by atoms with Gasteiger partial charge in [0.2, 0.25) is 12.8 Å². The minimum absolute atomic E-state index is 0.288. The van der Waals surface area contributed by atoms with Gasteiger partial charge in [0, 0.05) is 18.9 Å². The third-order valence-corrected chi connectivity index (χ3v) is 3.38. The molecule has 23 heavy (non-hydrogen) atoms. The Balaban J connectivity index is 2.13. The van der Waals surface area contributed by atoms with E-state index in [2.05, 4.69) is 10.3 Å². The molecule has 0 bridgehead atoms. The van der Waals surface area contributed by atoms with Gasteiger partial charge in [0.25, 0.3) is 0 Å². The number of nitrogens with zero attached hydrogens (tertiary/aromatic N) is 2. The SMILES string of the molecule is CCc1cc(OC2C=CN=C(NC=O)C=C2)ccc1N(C)C=O. The quantitative estimate of drug-likeness (QED) is 0.814. The first-order valence-electron chi connectivity index (χ1n) is 7.28. The Labute approximate surface area is 135 Å². The smallest absolute Gasteiger partial charge is 0.213 e. The second kappa shape index (κ2) is 7.93. The van der Waals surface area contributed by atoms with E-state index in [4.69, 9.17) is 4.74 Å². The zero-order valence-corrected chi connectivity index (χ0v) is 13.1. The van der Waals surface area contributed by atoms with Crippen LogP contribution in [0.5, 0.6) is 5.75 Å². The summed E-state index contributed by atoms with van der Waals surface area (Å²) < 4.78 is 5.90. The summed E-state index contributed by atoms with van der Waals surface area (Å²) in [7, 11) is 1.72. The summed E-state index contributed by atoms with van der Waals surface area (Å²) >= 11 is 0. The molecule has 1 aliphatic heterocycles. The van der Waals surface area contributed by atoms with E-state index in [0.29, 0.717) is 18.0 Å². The fourth-order valence-corrected chi connectivity index (χ4v) is 2.20. The molecule has 0 fully saturated rings. The molecule has 6 heteroatoms. The predicted molar refractivity (Wildman–Crippen MR) is 89.6 cm³/mol. The standard InChI is InChI=1S/C17H19N3O3/c1-3-13-10-15(4-6-16(13)20(2)12-22)23-14-5-7-17(19-11-21)18-9-8-14/h4-12,14H,3H2,1-2H3,(H,18,19,21). The molecule has 1 aromatic carbocycles. The summed E-state index contributed by atoms with van der Waals surface area (Å²) in [5.41, 5.74) is 1.89. The Kier molecular flexibility index (Phi) is 5.68. The van der Waals surface area contributed by atoms with Gasteiger partial charge in [-0.1, -0.05) is 6.92 Å². The van der Waals surface area contributed by atoms with E-state index < -0.39 is 0 Å². The van der Waals surface area contributed by atoms with Gasteiger partial charge in [-0.15, -0.1) is 0 Å². The number of carbonyl (C=O) groups is 2. The Hall–Kier alpha value is -2.89. The number of amidine groups is 1. The van der Waals surface area contributed by atoms with Crippen molar-refractivity contribution in [2.24, 2.45) is 4.99 Å². The van der Waals surface area contributed by atoms with Gasteiger partial charge in [-0.05, 0) is 48.4 Å². The summed E-state index contributed by atoms with van der Waals surface area (Å²) in [6, 6.07) is 5.61. The van der Waals surface area contributed by atoms with Gasteiger partial charge in [0.15, 0.2) is 0 Å². The highest BCUT2D eigenvalue weighted by Crippen LogP contribution is 2.25.